The van der Waals surface area contributed by atoms with E-state index in [4.69, 9.17) is 19.9 Å². The summed E-state index contributed by atoms with van der Waals surface area (Å²) >= 11 is 0. The average Bonchev–Trinajstić information content (AvgIpc) is 3.56. The van der Waals surface area contributed by atoms with E-state index in [1.54, 1.807) is 44.5 Å². The zero-order chi connectivity index (χ0) is 37.1. The van der Waals surface area contributed by atoms with Gasteiger partial charge in [-0.05, 0) is 45.1 Å². The first-order valence-electron chi connectivity index (χ1n) is 17.2. The minimum absolute atomic E-state index is 0.00526. The first-order chi connectivity index (χ1) is 23.0. The van der Waals surface area contributed by atoms with Crippen LogP contribution in [0.5, 0.6) is 0 Å². The Morgan fingerprint density at radius 1 is 1.02 bits per heavy atom. The largest absolute Gasteiger partial charge is 0.467 e. The quantitative estimate of drug-likeness (QED) is 0.195. The zero-order valence-corrected chi connectivity index (χ0v) is 31.0. The highest BCUT2D eigenvalue weighted by atomic mass is 16.5. The molecule has 276 valence electrons. The lowest BCUT2D eigenvalue weighted by atomic mass is 9.90. The molecule has 1 heterocycles. The number of rotatable bonds is 18. The standard InChI is InChI=1S/C36H59N5O8/c1-11-22(2)30(40(7)33(44)24(4)38-35(46)36(5,6)37)28(47-8)21-29(42)41-19-15-18-27(41)31(48-9)23(3)32(43)39-26(34(45)49-10)20-25-16-13-12-14-17-25/h12-14,16-17,22-24,26-28,30-31H,11,15,18-21,37H2,1-10H3,(H,38,46)(H,39,43)/t22-,23+,24-,26-,27-,28+,30-,31+/m0/s1. The van der Waals surface area contributed by atoms with Gasteiger partial charge in [0.25, 0.3) is 0 Å². The van der Waals surface area contributed by atoms with E-state index in [1.807, 2.05) is 44.2 Å². The van der Waals surface area contributed by atoms with Crippen molar-refractivity contribution in [2.75, 3.05) is 34.9 Å². The van der Waals surface area contributed by atoms with E-state index in [0.717, 1.165) is 12.0 Å². The van der Waals surface area contributed by atoms with Crippen LogP contribution in [0.2, 0.25) is 0 Å². The van der Waals surface area contributed by atoms with Gasteiger partial charge in [0.1, 0.15) is 12.1 Å². The molecule has 4 amide bonds. The molecule has 49 heavy (non-hydrogen) atoms. The molecule has 0 spiro atoms. The first kappa shape index (κ1) is 41.6. The molecular formula is C36H59N5O8. The van der Waals surface area contributed by atoms with E-state index in [2.05, 4.69) is 10.6 Å². The maximum Gasteiger partial charge on any atom is 0.328 e. The summed E-state index contributed by atoms with van der Waals surface area (Å²) in [5.74, 6) is -2.63. The monoisotopic (exact) mass is 689 g/mol. The predicted molar refractivity (Wildman–Crippen MR) is 186 cm³/mol. The van der Waals surface area contributed by atoms with Crippen LogP contribution in [0.1, 0.15) is 72.8 Å². The number of likely N-dealkylation sites (tertiary alicyclic amines) is 1. The Morgan fingerprint density at radius 2 is 1.65 bits per heavy atom. The Morgan fingerprint density at radius 3 is 2.18 bits per heavy atom. The number of amides is 4. The fourth-order valence-corrected chi connectivity index (χ4v) is 6.54. The summed E-state index contributed by atoms with van der Waals surface area (Å²) in [6.07, 6.45) is 1.04. The van der Waals surface area contributed by atoms with Crippen molar-refractivity contribution in [3.63, 3.8) is 0 Å². The van der Waals surface area contributed by atoms with E-state index >= 15 is 0 Å². The zero-order valence-electron chi connectivity index (χ0n) is 31.0. The molecule has 1 fully saturated rings. The number of methoxy groups -OCH3 is 3. The second kappa shape index (κ2) is 19.0. The summed E-state index contributed by atoms with van der Waals surface area (Å²) in [6.45, 7) is 10.9. The molecule has 8 atom stereocenters. The molecule has 0 radical (unpaired) electrons. The van der Waals surface area contributed by atoms with E-state index < -0.39 is 59.7 Å². The van der Waals surface area contributed by atoms with Crippen molar-refractivity contribution in [2.45, 2.75) is 116 Å². The number of nitrogens with zero attached hydrogens (tertiary/aromatic N) is 2. The number of carbonyl (C=O) groups excluding carboxylic acids is 5. The lowest BCUT2D eigenvalue weighted by Crippen LogP contribution is -2.58. The van der Waals surface area contributed by atoms with E-state index in [0.29, 0.717) is 19.4 Å². The maximum absolute atomic E-state index is 14.0. The van der Waals surface area contributed by atoms with Crippen molar-refractivity contribution in [2.24, 2.45) is 17.6 Å². The van der Waals surface area contributed by atoms with E-state index in [9.17, 15) is 24.0 Å². The number of esters is 1. The predicted octanol–water partition coefficient (Wildman–Crippen LogP) is 2.05. The van der Waals surface area contributed by atoms with Crippen LogP contribution in [0, 0.1) is 11.8 Å². The SMILES string of the molecule is CC[C@H](C)[C@@H]([C@@H](CC(=O)N1CCC[C@H]1[C@H](OC)[C@@H](C)C(=O)N[C@@H](Cc1ccccc1)C(=O)OC)OC)N(C)C(=O)[C@H](C)NC(=O)C(C)(C)N. The summed E-state index contributed by atoms with van der Waals surface area (Å²) in [6, 6.07) is 6.75. The third-order valence-corrected chi connectivity index (χ3v) is 9.65. The Balaban J connectivity index is 2.22. The topological polar surface area (TPSA) is 170 Å². The fourth-order valence-electron chi connectivity index (χ4n) is 6.54. The summed E-state index contributed by atoms with van der Waals surface area (Å²) in [5, 5.41) is 5.53. The maximum atomic E-state index is 14.0. The molecule has 0 aromatic heterocycles. The molecule has 0 saturated carbocycles. The van der Waals surface area contributed by atoms with Crippen molar-refractivity contribution in [1.82, 2.24) is 20.4 Å². The van der Waals surface area contributed by atoms with Gasteiger partial charge in [-0.1, -0.05) is 57.5 Å². The summed E-state index contributed by atoms with van der Waals surface area (Å²) in [4.78, 5) is 69.4. The molecule has 0 aliphatic carbocycles. The van der Waals surface area contributed by atoms with Gasteiger partial charge in [-0.15, -0.1) is 0 Å². The minimum atomic E-state index is -1.15. The van der Waals surface area contributed by atoms with Gasteiger partial charge >= 0.3 is 5.97 Å². The highest BCUT2D eigenvalue weighted by molar-refractivity contribution is 5.91. The highest BCUT2D eigenvalue weighted by Crippen LogP contribution is 2.29. The van der Waals surface area contributed by atoms with Crippen LogP contribution in [0.3, 0.4) is 0 Å². The molecule has 2 rings (SSSR count). The second-order valence-corrected chi connectivity index (χ2v) is 13.8. The molecule has 1 aliphatic heterocycles. The Bertz CT molecular complexity index is 1260. The van der Waals surface area contributed by atoms with Crippen molar-refractivity contribution in [3.8, 4) is 0 Å². The number of carbonyl (C=O) groups is 5. The van der Waals surface area contributed by atoms with Gasteiger partial charge in [-0.3, -0.25) is 19.2 Å². The van der Waals surface area contributed by atoms with Crippen molar-refractivity contribution >= 4 is 29.6 Å². The van der Waals surface area contributed by atoms with Crippen LogP contribution in [0.4, 0.5) is 0 Å². The third kappa shape index (κ3) is 11.2. The van der Waals surface area contributed by atoms with Gasteiger partial charge in [-0.25, -0.2) is 4.79 Å². The molecular weight excluding hydrogens is 630 g/mol. The second-order valence-electron chi connectivity index (χ2n) is 13.8. The number of ether oxygens (including phenoxy) is 3. The number of nitrogens with one attached hydrogen (secondary N) is 2. The number of hydrogen-bond acceptors (Lipinski definition) is 9. The summed E-state index contributed by atoms with van der Waals surface area (Å²) < 4.78 is 16.7. The van der Waals surface area contributed by atoms with Gasteiger partial charge in [0.2, 0.25) is 23.6 Å². The molecule has 0 bridgehead atoms. The molecule has 0 unspecified atom stereocenters. The molecule has 1 aromatic rings. The lowest BCUT2D eigenvalue weighted by Gasteiger charge is -2.40. The van der Waals surface area contributed by atoms with Crippen LogP contribution in [0.25, 0.3) is 0 Å². The molecule has 4 N–H and O–H groups in total. The van der Waals surface area contributed by atoms with Crippen molar-refractivity contribution in [1.29, 1.82) is 0 Å². The van der Waals surface area contributed by atoms with Gasteiger partial charge in [0.05, 0.1) is 49.3 Å². The van der Waals surface area contributed by atoms with Gasteiger partial charge in [0, 0.05) is 34.2 Å². The van der Waals surface area contributed by atoms with Crippen molar-refractivity contribution < 1.29 is 38.2 Å². The van der Waals surface area contributed by atoms with E-state index in [-0.39, 0.29) is 36.5 Å². The normalized spacial score (nSPS) is 19.1. The van der Waals surface area contributed by atoms with Crippen LogP contribution in [-0.2, 0) is 44.6 Å². The molecule has 1 aliphatic rings. The number of nitrogens with two attached hydrogens (primary N) is 1. The van der Waals surface area contributed by atoms with Gasteiger partial charge < -0.3 is 40.4 Å². The number of likely N-dealkylation sites (N-methyl/N-ethyl adjacent to an activating group) is 1. The molecule has 13 heteroatoms. The summed E-state index contributed by atoms with van der Waals surface area (Å²) in [5.41, 5.74) is 5.63. The lowest BCUT2D eigenvalue weighted by molar-refractivity contribution is -0.148. The van der Waals surface area contributed by atoms with Crippen LogP contribution < -0.4 is 16.4 Å². The van der Waals surface area contributed by atoms with Crippen LogP contribution >= 0.6 is 0 Å². The first-order valence-corrected chi connectivity index (χ1v) is 17.2. The van der Waals surface area contributed by atoms with Crippen molar-refractivity contribution in [3.05, 3.63) is 35.9 Å². The smallest absolute Gasteiger partial charge is 0.328 e. The Hall–Kier alpha value is -3.55. The van der Waals surface area contributed by atoms with Gasteiger partial charge in [0.15, 0.2) is 0 Å². The fraction of sp³-hybridized carbons (Fsp3) is 0.694. The molecule has 1 aromatic carbocycles. The molecule has 1 saturated heterocycles. The average molecular weight is 690 g/mol. The molecule has 13 nitrogen and oxygen atoms in total. The highest BCUT2D eigenvalue weighted by Gasteiger charge is 2.43. The van der Waals surface area contributed by atoms with Crippen LogP contribution in [0.15, 0.2) is 30.3 Å². The Kier molecular flexibility index (Phi) is 16.1. The minimum Gasteiger partial charge on any atom is -0.467 e. The van der Waals surface area contributed by atoms with E-state index in [1.165, 1.54) is 21.3 Å². The third-order valence-electron chi connectivity index (χ3n) is 9.65. The van der Waals surface area contributed by atoms with Crippen LogP contribution in [-0.4, -0.2) is 116 Å². The van der Waals surface area contributed by atoms with Gasteiger partial charge in [-0.2, -0.15) is 0 Å². The Labute approximate surface area is 291 Å². The summed E-state index contributed by atoms with van der Waals surface area (Å²) in [7, 11) is 5.97. The number of hydrogen-bond donors (Lipinski definition) is 3. The number of benzene rings is 1.